The number of anilines is 1. The quantitative estimate of drug-likeness (QED) is 0.883. The van der Waals surface area contributed by atoms with Gasteiger partial charge in [-0.2, -0.15) is 0 Å². The van der Waals surface area contributed by atoms with E-state index in [1.165, 1.54) is 36.5 Å². The number of nitrogens with one attached hydrogen (secondary N) is 1. The van der Waals surface area contributed by atoms with Crippen molar-refractivity contribution >= 4 is 28.8 Å². The smallest absolute Gasteiger partial charge is 0.256 e. The minimum absolute atomic E-state index is 0.0442. The molecule has 2 rings (SSSR count). The van der Waals surface area contributed by atoms with Gasteiger partial charge >= 0.3 is 0 Å². The van der Waals surface area contributed by atoms with Crippen molar-refractivity contribution in [3.8, 4) is 0 Å². The largest absolute Gasteiger partial charge is 0.338 e. The molecule has 1 N–H and O–H groups in total. The van der Waals surface area contributed by atoms with Crippen molar-refractivity contribution in [1.29, 1.82) is 0 Å². The average Bonchev–Trinajstić information content (AvgIpc) is 3.02. The first-order valence-corrected chi connectivity index (χ1v) is 8.14. The molecule has 2 aromatic rings. The number of benzene rings is 1. The van der Waals surface area contributed by atoms with Gasteiger partial charge in [-0.05, 0) is 25.1 Å². The maximum absolute atomic E-state index is 14.0. The van der Waals surface area contributed by atoms with Crippen LogP contribution in [0, 0.1) is 5.82 Å². The Hall–Kier alpha value is -2.28. The molecule has 1 aromatic heterocycles. The van der Waals surface area contributed by atoms with E-state index in [9.17, 15) is 14.0 Å². The molecule has 23 heavy (non-hydrogen) atoms. The Morgan fingerprint density at radius 2 is 2.17 bits per heavy atom. The van der Waals surface area contributed by atoms with Gasteiger partial charge in [0.05, 0.1) is 10.6 Å². The molecule has 0 radical (unpaired) electrons. The Balaban J connectivity index is 2.14. The molecule has 0 bridgehead atoms. The molecule has 0 aliphatic rings. The number of rotatable bonds is 6. The second-order valence-electron chi connectivity index (χ2n) is 4.94. The van der Waals surface area contributed by atoms with Crippen LogP contribution in [0.1, 0.15) is 29.2 Å². The van der Waals surface area contributed by atoms with E-state index in [0.29, 0.717) is 25.2 Å². The molecule has 0 aliphatic carbocycles. The summed E-state index contributed by atoms with van der Waals surface area (Å²) in [6, 6.07) is 3.98. The zero-order valence-electron chi connectivity index (χ0n) is 13.0. The summed E-state index contributed by atoms with van der Waals surface area (Å²) in [5, 5.41) is 5.37. The van der Waals surface area contributed by atoms with Crippen molar-refractivity contribution in [2.45, 2.75) is 20.3 Å². The monoisotopic (exact) mass is 335 g/mol. The summed E-state index contributed by atoms with van der Waals surface area (Å²) in [6.45, 7) is 4.13. The Morgan fingerprint density at radius 1 is 1.39 bits per heavy atom. The fourth-order valence-electron chi connectivity index (χ4n) is 2.15. The lowest BCUT2D eigenvalue weighted by Gasteiger charge is -2.21. The normalized spacial score (nSPS) is 10.4. The SMILES string of the molecule is CCN(CCc1nccs1)C(=O)c1cc(NC(C)=O)ccc1F. The number of likely N-dealkylation sites (N-methyl/N-ethyl adjacent to an activating group) is 1. The van der Waals surface area contributed by atoms with Crippen LogP contribution < -0.4 is 5.32 Å². The molecular weight excluding hydrogens is 317 g/mol. The molecule has 0 atom stereocenters. The molecule has 0 fully saturated rings. The number of carbonyl (C=O) groups is 2. The van der Waals surface area contributed by atoms with Crippen molar-refractivity contribution in [3.05, 3.63) is 46.2 Å². The van der Waals surface area contributed by atoms with Crippen LogP contribution in [0.3, 0.4) is 0 Å². The molecule has 1 aromatic carbocycles. The van der Waals surface area contributed by atoms with Gasteiger partial charge in [-0.25, -0.2) is 9.37 Å². The molecule has 122 valence electrons. The summed E-state index contributed by atoms with van der Waals surface area (Å²) in [4.78, 5) is 29.4. The van der Waals surface area contributed by atoms with E-state index in [4.69, 9.17) is 0 Å². The first kappa shape index (κ1) is 17.1. The summed E-state index contributed by atoms with van der Waals surface area (Å²) in [6.07, 6.45) is 2.35. The van der Waals surface area contributed by atoms with Crippen LogP contribution in [0.2, 0.25) is 0 Å². The number of nitrogens with zero attached hydrogens (tertiary/aromatic N) is 2. The molecule has 7 heteroatoms. The molecule has 0 saturated heterocycles. The fraction of sp³-hybridized carbons (Fsp3) is 0.312. The van der Waals surface area contributed by atoms with Crippen LogP contribution in [0.25, 0.3) is 0 Å². The predicted molar refractivity (Wildman–Crippen MR) is 88.1 cm³/mol. The molecule has 5 nitrogen and oxygen atoms in total. The highest BCUT2D eigenvalue weighted by Gasteiger charge is 2.19. The van der Waals surface area contributed by atoms with Crippen LogP contribution in [0.5, 0.6) is 0 Å². The minimum atomic E-state index is -0.600. The maximum atomic E-state index is 14.0. The van der Waals surface area contributed by atoms with Crippen molar-refractivity contribution in [3.63, 3.8) is 0 Å². The van der Waals surface area contributed by atoms with E-state index in [0.717, 1.165) is 5.01 Å². The van der Waals surface area contributed by atoms with E-state index in [1.54, 1.807) is 11.1 Å². The van der Waals surface area contributed by atoms with Crippen molar-refractivity contribution < 1.29 is 14.0 Å². The van der Waals surface area contributed by atoms with Gasteiger partial charge in [-0.1, -0.05) is 0 Å². The number of hydrogen-bond donors (Lipinski definition) is 1. The zero-order valence-corrected chi connectivity index (χ0v) is 13.8. The van der Waals surface area contributed by atoms with E-state index in [2.05, 4.69) is 10.3 Å². The number of amides is 2. The van der Waals surface area contributed by atoms with Crippen molar-refractivity contribution in [2.24, 2.45) is 0 Å². The van der Waals surface area contributed by atoms with Crippen molar-refractivity contribution in [1.82, 2.24) is 9.88 Å². The number of carbonyl (C=O) groups excluding carboxylic acids is 2. The van der Waals surface area contributed by atoms with Crippen LogP contribution in [-0.2, 0) is 11.2 Å². The first-order valence-electron chi connectivity index (χ1n) is 7.26. The number of thiazole rings is 1. The summed E-state index contributed by atoms with van der Waals surface area (Å²) < 4.78 is 14.0. The number of hydrogen-bond acceptors (Lipinski definition) is 4. The van der Waals surface area contributed by atoms with Gasteiger partial charge in [-0.15, -0.1) is 11.3 Å². The van der Waals surface area contributed by atoms with Gasteiger partial charge < -0.3 is 10.2 Å². The highest BCUT2D eigenvalue weighted by molar-refractivity contribution is 7.09. The van der Waals surface area contributed by atoms with Gasteiger partial charge in [-0.3, -0.25) is 9.59 Å². The number of halogens is 1. The predicted octanol–water partition coefficient (Wildman–Crippen LogP) is 2.95. The van der Waals surface area contributed by atoms with Gasteiger partial charge in [0.15, 0.2) is 0 Å². The first-order chi connectivity index (χ1) is 11.0. The highest BCUT2D eigenvalue weighted by atomic mass is 32.1. The van der Waals surface area contributed by atoms with Gasteiger partial charge in [0.2, 0.25) is 5.91 Å². The standard InChI is InChI=1S/C16H18FN3O2S/c1-3-20(8-6-15-18-7-9-23-15)16(22)13-10-12(19-11(2)21)4-5-14(13)17/h4-5,7,9-10H,3,6,8H2,1-2H3,(H,19,21). The topological polar surface area (TPSA) is 62.3 Å². The van der Waals surface area contributed by atoms with Gasteiger partial charge in [0, 0.05) is 43.7 Å². The van der Waals surface area contributed by atoms with Gasteiger partial charge in [0.25, 0.3) is 5.91 Å². The molecule has 0 saturated carbocycles. The second kappa shape index (κ2) is 7.82. The Bertz CT molecular complexity index is 689. The van der Waals surface area contributed by atoms with E-state index >= 15 is 0 Å². The molecule has 0 spiro atoms. The summed E-state index contributed by atoms with van der Waals surface area (Å²) >= 11 is 1.52. The Morgan fingerprint density at radius 3 is 2.78 bits per heavy atom. The van der Waals surface area contributed by atoms with Crippen LogP contribution in [0.15, 0.2) is 29.8 Å². The number of aromatic nitrogens is 1. The Kier molecular flexibility index (Phi) is 5.81. The molecule has 0 unspecified atom stereocenters. The summed E-state index contributed by atoms with van der Waals surface area (Å²) in [7, 11) is 0. The minimum Gasteiger partial charge on any atom is -0.338 e. The summed E-state index contributed by atoms with van der Waals surface area (Å²) in [5.74, 6) is -1.27. The molecular formula is C16H18FN3O2S. The highest BCUT2D eigenvalue weighted by Crippen LogP contribution is 2.17. The Labute approximate surface area is 138 Å². The molecule has 2 amide bonds. The van der Waals surface area contributed by atoms with E-state index in [1.807, 2.05) is 12.3 Å². The third-order valence-electron chi connectivity index (χ3n) is 3.27. The van der Waals surface area contributed by atoms with Crippen LogP contribution in [0.4, 0.5) is 10.1 Å². The van der Waals surface area contributed by atoms with Crippen molar-refractivity contribution in [2.75, 3.05) is 18.4 Å². The van der Waals surface area contributed by atoms with Crippen LogP contribution in [-0.4, -0.2) is 34.8 Å². The van der Waals surface area contributed by atoms with Crippen LogP contribution >= 0.6 is 11.3 Å². The lowest BCUT2D eigenvalue weighted by Crippen LogP contribution is -2.33. The molecule has 1 heterocycles. The lowest BCUT2D eigenvalue weighted by molar-refractivity contribution is -0.114. The van der Waals surface area contributed by atoms with Gasteiger partial charge in [0.1, 0.15) is 5.82 Å². The fourth-order valence-corrected chi connectivity index (χ4v) is 2.76. The lowest BCUT2D eigenvalue weighted by atomic mass is 10.1. The maximum Gasteiger partial charge on any atom is 0.256 e. The summed E-state index contributed by atoms with van der Waals surface area (Å²) in [5.41, 5.74) is 0.357. The van der Waals surface area contributed by atoms with E-state index < -0.39 is 11.7 Å². The zero-order chi connectivity index (χ0) is 16.8. The van der Waals surface area contributed by atoms with E-state index in [-0.39, 0.29) is 11.5 Å². The second-order valence-corrected chi connectivity index (χ2v) is 5.92. The molecule has 0 aliphatic heterocycles. The third-order valence-corrected chi connectivity index (χ3v) is 4.10. The third kappa shape index (κ3) is 4.59. The average molecular weight is 335 g/mol.